The maximum absolute atomic E-state index is 13.2. The van der Waals surface area contributed by atoms with Crippen LogP contribution in [0.15, 0.2) is 48.5 Å². The Hall–Kier alpha value is -2.40. The third kappa shape index (κ3) is 3.41. The number of hydrogen-bond donors (Lipinski definition) is 1. The second-order valence-electron chi connectivity index (χ2n) is 5.64. The van der Waals surface area contributed by atoms with Crippen LogP contribution in [0.4, 0.5) is 10.1 Å². The van der Waals surface area contributed by atoms with E-state index in [0.29, 0.717) is 29.2 Å². The number of carbonyl (C=O) groups is 2. The molecule has 0 bridgehead atoms. The fourth-order valence-corrected chi connectivity index (χ4v) is 3.08. The highest BCUT2D eigenvalue weighted by Gasteiger charge is 2.35. The van der Waals surface area contributed by atoms with E-state index in [1.165, 1.54) is 23.1 Å². The minimum absolute atomic E-state index is 0.266. The first-order chi connectivity index (χ1) is 11.6. The molecule has 0 radical (unpaired) electrons. The van der Waals surface area contributed by atoms with Gasteiger partial charge in [0.15, 0.2) is 0 Å². The van der Waals surface area contributed by atoms with Gasteiger partial charge in [-0.15, -0.1) is 0 Å². The Morgan fingerprint density at radius 1 is 1.17 bits per heavy atom. The van der Waals surface area contributed by atoms with Crippen LogP contribution in [0.5, 0.6) is 0 Å². The lowest BCUT2D eigenvalue weighted by molar-refractivity contribution is -0.119. The molecule has 0 unspecified atom stereocenters. The van der Waals surface area contributed by atoms with Gasteiger partial charge in [-0.3, -0.25) is 9.59 Å². The number of nitrogens with one attached hydrogen (secondary N) is 1. The summed E-state index contributed by atoms with van der Waals surface area (Å²) in [7, 11) is 0. The molecule has 0 aromatic heterocycles. The average Bonchev–Trinajstić information content (AvgIpc) is 3.04. The van der Waals surface area contributed by atoms with E-state index in [2.05, 4.69) is 5.32 Å². The summed E-state index contributed by atoms with van der Waals surface area (Å²) in [5.74, 6) is -1.01. The van der Waals surface area contributed by atoms with E-state index >= 15 is 0 Å². The molecule has 0 aliphatic carbocycles. The van der Waals surface area contributed by atoms with Crippen LogP contribution in [0.25, 0.3) is 0 Å². The predicted octanol–water partition coefficient (Wildman–Crippen LogP) is 3.72. The Morgan fingerprint density at radius 3 is 2.71 bits per heavy atom. The van der Waals surface area contributed by atoms with Gasteiger partial charge >= 0.3 is 0 Å². The minimum atomic E-state index is -0.586. The molecule has 2 aromatic rings. The van der Waals surface area contributed by atoms with Crippen LogP contribution in [-0.2, 0) is 4.79 Å². The largest absolute Gasteiger partial charge is 0.327 e. The van der Waals surface area contributed by atoms with Crippen molar-refractivity contribution in [3.8, 4) is 0 Å². The molecule has 1 atom stereocenters. The van der Waals surface area contributed by atoms with E-state index in [1.807, 2.05) is 0 Å². The molecule has 124 valence electrons. The first kappa shape index (κ1) is 16.5. The van der Waals surface area contributed by atoms with Crippen LogP contribution < -0.4 is 5.32 Å². The Labute approximate surface area is 144 Å². The normalized spacial score (nSPS) is 16.9. The molecule has 1 fully saturated rings. The highest BCUT2D eigenvalue weighted by molar-refractivity contribution is 6.33. The lowest BCUT2D eigenvalue weighted by Crippen LogP contribution is -2.43. The minimum Gasteiger partial charge on any atom is -0.327 e. The summed E-state index contributed by atoms with van der Waals surface area (Å²) < 4.78 is 13.2. The number of nitrogens with zero attached hydrogens (tertiary/aromatic N) is 1. The molecule has 1 aliphatic heterocycles. The van der Waals surface area contributed by atoms with Crippen molar-refractivity contribution in [2.45, 2.75) is 18.9 Å². The molecular weight excluding hydrogens is 331 g/mol. The summed E-state index contributed by atoms with van der Waals surface area (Å²) in [5, 5.41) is 3.03. The third-order valence-electron chi connectivity index (χ3n) is 4.01. The second kappa shape index (κ2) is 7.01. The van der Waals surface area contributed by atoms with Crippen LogP contribution in [-0.4, -0.2) is 29.3 Å². The quantitative estimate of drug-likeness (QED) is 0.920. The molecule has 1 aliphatic rings. The highest BCUT2D eigenvalue weighted by Crippen LogP contribution is 2.25. The lowest BCUT2D eigenvalue weighted by atomic mass is 10.1. The summed E-state index contributed by atoms with van der Waals surface area (Å²) in [6, 6.07) is 11.9. The molecule has 0 spiro atoms. The monoisotopic (exact) mass is 346 g/mol. The van der Waals surface area contributed by atoms with Gasteiger partial charge in [-0.25, -0.2) is 4.39 Å². The zero-order valence-electron chi connectivity index (χ0n) is 12.8. The van der Waals surface area contributed by atoms with Crippen molar-refractivity contribution >= 4 is 29.1 Å². The zero-order chi connectivity index (χ0) is 17.1. The van der Waals surface area contributed by atoms with E-state index in [-0.39, 0.29) is 11.8 Å². The smallest absolute Gasteiger partial charge is 0.256 e. The molecule has 6 heteroatoms. The SMILES string of the molecule is O=C(Nc1cccc(F)c1)[C@@H]1CCCN1C(=O)c1ccccc1Cl. The van der Waals surface area contributed by atoms with Crippen LogP contribution in [0.3, 0.4) is 0 Å². The van der Waals surface area contributed by atoms with E-state index in [1.54, 1.807) is 30.3 Å². The first-order valence-corrected chi connectivity index (χ1v) is 8.06. The van der Waals surface area contributed by atoms with Crippen LogP contribution >= 0.6 is 11.6 Å². The van der Waals surface area contributed by atoms with Crippen LogP contribution in [0.2, 0.25) is 5.02 Å². The number of rotatable bonds is 3. The van der Waals surface area contributed by atoms with E-state index in [9.17, 15) is 14.0 Å². The van der Waals surface area contributed by atoms with Crippen molar-refractivity contribution in [1.29, 1.82) is 0 Å². The van der Waals surface area contributed by atoms with Gasteiger partial charge in [-0.05, 0) is 43.2 Å². The van der Waals surface area contributed by atoms with Gasteiger partial charge in [0.05, 0.1) is 10.6 Å². The summed E-state index contributed by atoms with van der Waals surface area (Å²) in [4.78, 5) is 26.7. The zero-order valence-corrected chi connectivity index (χ0v) is 13.6. The van der Waals surface area contributed by atoms with Crippen molar-refractivity contribution in [2.24, 2.45) is 0 Å². The van der Waals surface area contributed by atoms with Gasteiger partial charge < -0.3 is 10.2 Å². The molecule has 2 aromatic carbocycles. The molecule has 1 N–H and O–H groups in total. The molecule has 3 rings (SSSR count). The average molecular weight is 347 g/mol. The topological polar surface area (TPSA) is 49.4 Å². The molecule has 24 heavy (non-hydrogen) atoms. The van der Waals surface area contributed by atoms with Gasteiger partial charge in [0, 0.05) is 12.2 Å². The number of likely N-dealkylation sites (tertiary alicyclic amines) is 1. The molecule has 2 amide bonds. The highest BCUT2D eigenvalue weighted by atomic mass is 35.5. The molecule has 1 heterocycles. The molecular formula is C18H16ClFN2O2. The number of benzene rings is 2. The van der Waals surface area contributed by atoms with Crippen LogP contribution in [0, 0.1) is 5.82 Å². The standard InChI is InChI=1S/C18H16ClFN2O2/c19-15-8-2-1-7-14(15)18(24)22-10-4-9-16(22)17(23)21-13-6-3-5-12(20)11-13/h1-3,5-8,11,16H,4,9-10H2,(H,21,23)/t16-/m0/s1. The summed E-state index contributed by atoms with van der Waals surface area (Å²) in [5.41, 5.74) is 0.752. The van der Waals surface area contributed by atoms with E-state index in [4.69, 9.17) is 11.6 Å². The van der Waals surface area contributed by atoms with E-state index in [0.717, 1.165) is 6.42 Å². The Morgan fingerprint density at radius 2 is 1.96 bits per heavy atom. The van der Waals surface area contributed by atoms with Gasteiger partial charge in [-0.1, -0.05) is 29.8 Å². The van der Waals surface area contributed by atoms with Crippen molar-refractivity contribution < 1.29 is 14.0 Å². The summed E-state index contributed by atoms with van der Waals surface area (Å²) >= 11 is 6.08. The van der Waals surface area contributed by atoms with Crippen molar-refractivity contribution in [2.75, 3.05) is 11.9 Å². The second-order valence-corrected chi connectivity index (χ2v) is 6.04. The fourth-order valence-electron chi connectivity index (χ4n) is 2.86. The van der Waals surface area contributed by atoms with Crippen LogP contribution in [0.1, 0.15) is 23.2 Å². The lowest BCUT2D eigenvalue weighted by Gasteiger charge is -2.24. The Balaban J connectivity index is 1.76. The summed E-state index contributed by atoms with van der Waals surface area (Å²) in [6.07, 6.45) is 1.30. The molecule has 1 saturated heterocycles. The third-order valence-corrected chi connectivity index (χ3v) is 4.34. The molecule has 4 nitrogen and oxygen atoms in total. The predicted molar refractivity (Wildman–Crippen MR) is 90.5 cm³/mol. The molecule has 0 saturated carbocycles. The van der Waals surface area contributed by atoms with E-state index < -0.39 is 11.9 Å². The first-order valence-electron chi connectivity index (χ1n) is 7.68. The van der Waals surface area contributed by atoms with Gasteiger partial charge in [-0.2, -0.15) is 0 Å². The maximum Gasteiger partial charge on any atom is 0.256 e. The van der Waals surface area contributed by atoms with Gasteiger partial charge in [0.1, 0.15) is 11.9 Å². The van der Waals surface area contributed by atoms with Crippen molar-refractivity contribution in [1.82, 2.24) is 4.90 Å². The summed E-state index contributed by atoms with van der Waals surface area (Å²) in [6.45, 7) is 0.491. The number of anilines is 1. The number of carbonyl (C=O) groups excluding carboxylic acids is 2. The Bertz CT molecular complexity index is 781. The van der Waals surface area contributed by atoms with Crippen molar-refractivity contribution in [3.05, 3.63) is 64.9 Å². The Kier molecular flexibility index (Phi) is 4.81. The number of hydrogen-bond acceptors (Lipinski definition) is 2. The van der Waals surface area contributed by atoms with Gasteiger partial charge in [0.2, 0.25) is 5.91 Å². The van der Waals surface area contributed by atoms with Crippen molar-refractivity contribution in [3.63, 3.8) is 0 Å². The maximum atomic E-state index is 13.2. The number of halogens is 2. The van der Waals surface area contributed by atoms with Gasteiger partial charge in [0.25, 0.3) is 5.91 Å². The number of amides is 2. The fraction of sp³-hybridized carbons (Fsp3) is 0.222.